The van der Waals surface area contributed by atoms with Crippen molar-refractivity contribution in [3.05, 3.63) is 69.8 Å². The lowest BCUT2D eigenvalue weighted by Crippen LogP contribution is -2.32. The number of hydrogen-bond acceptors (Lipinski definition) is 4. The molecule has 2 rings (SSSR count). The van der Waals surface area contributed by atoms with Crippen LogP contribution in [0.15, 0.2) is 36.4 Å². The van der Waals surface area contributed by atoms with Crippen LogP contribution in [0.5, 0.6) is 0 Å². The molecule has 0 fully saturated rings. The van der Waals surface area contributed by atoms with Gasteiger partial charge in [-0.15, -0.1) is 0 Å². The lowest BCUT2D eigenvalue weighted by Gasteiger charge is -2.21. The van der Waals surface area contributed by atoms with Gasteiger partial charge in [0.15, 0.2) is 11.7 Å². The average Bonchev–Trinajstić information content (AvgIpc) is 2.75. The highest BCUT2D eigenvalue weighted by Gasteiger charge is 2.41. The predicted octanol–water partition coefficient (Wildman–Crippen LogP) is 5.86. The molecule has 6 nitrogen and oxygen atoms in total. The molecule has 0 radical (unpaired) electrons. The second-order valence-electron chi connectivity index (χ2n) is 7.75. The Bertz CT molecular complexity index is 1150. The maximum Gasteiger partial charge on any atom is 0.416 e. The van der Waals surface area contributed by atoms with E-state index in [0.717, 1.165) is 0 Å². The number of aliphatic hydroxyl groups excluding tert-OH is 1. The number of hydrogen-bond donors (Lipinski definition) is 4. The van der Waals surface area contributed by atoms with Crippen LogP contribution in [0.4, 0.5) is 52.7 Å². The van der Waals surface area contributed by atoms with Crippen LogP contribution in [0.1, 0.15) is 46.4 Å². The van der Waals surface area contributed by atoms with Crippen molar-refractivity contribution in [2.24, 2.45) is 0 Å². The minimum absolute atomic E-state index is 0.151. The number of rotatable bonds is 4. The molecule has 39 heavy (non-hydrogen) atoms. The van der Waals surface area contributed by atoms with Gasteiger partial charge in [0.2, 0.25) is 0 Å². The van der Waals surface area contributed by atoms with Crippen molar-refractivity contribution in [3.8, 4) is 0 Å². The molecule has 0 aliphatic carbocycles. The van der Waals surface area contributed by atoms with E-state index in [4.69, 9.17) is 15.3 Å². The Labute approximate surface area is 208 Å². The van der Waals surface area contributed by atoms with Crippen LogP contribution in [-0.2, 0) is 39.9 Å². The Morgan fingerprint density at radius 3 is 1.08 bits per heavy atom. The number of halogens is 12. The highest BCUT2D eigenvalue weighted by Crippen LogP contribution is 2.39. The second-order valence-corrected chi connectivity index (χ2v) is 7.75. The third-order valence-electron chi connectivity index (χ3n) is 4.73. The molecule has 18 heteroatoms. The molecule has 2 aromatic carbocycles. The lowest BCUT2D eigenvalue weighted by molar-refractivity contribution is -0.158. The van der Waals surface area contributed by atoms with E-state index in [-0.39, 0.29) is 36.4 Å². The molecule has 0 saturated heterocycles. The number of carboxylic acids is 2. The van der Waals surface area contributed by atoms with Gasteiger partial charge in [0.05, 0.1) is 22.3 Å². The SMILES string of the molecule is CC(O)(C(=O)O)c1cc(C(F)(F)F)cc(C(F)(F)F)c1.O=C(O)C(O)c1cc(C(F)(F)F)cc(C(F)(F)F)c1. The van der Waals surface area contributed by atoms with Crippen molar-refractivity contribution in [3.63, 3.8) is 0 Å². The molecule has 2 unspecified atom stereocenters. The monoisotopic (exact) mass is 590 g/mol. The van der Waals surface area contributed by atoms with Gasteiger partial charge in [-0.3, -0.25) is 0 Å². The largest absolute Gasteiger partial charge is 0.479 e. The Balaban J connectivity index is 0.000000391. The molecular formula is C21H14F12O6. The van der Waals surface area contributed by atoms with E-state index in [0.29, 0.717) is 6.92 Å². The van der Waals surface area contributed by atoms with E-state index in [9.17, 15) is 67.4 Å². The summed E-state index contributed by atoms with van der Waals surface area (Å²) in [5.74, 6) is -3.92. The van der Waals surface area contributed by atoms with Gasteiger partial charge in [-0.2, -0.15) is 52.7 Å². The van der Waals surface area contributed by atoms with Gasteiger partial charge in [-0.05, 0) is 54.4 Å². The first-order chi connectivity index (χ1) is 17.2. The molecule has 4 N–H and O–H groups in total. The molecule has 2 aromatic rings. The lowest BCUT2D eigenvalue weighted by atomic mass is 9.92. The Morgan fingerprint density at radius 2 is 0.846 bits per heavy atom. The van der Waals surface area contributed by atoms with Crippen molar-refractivity contribution in [2.75, 3.05) is 0 Å². The summed E-state index contributed by atoms with van der Waals surface area (Å²) in [6, 6.07) is 0.355. The van der Waals surface area contributed by atoms with Crippen LogP contribution in [-0.4, -0.2) is 32.4 Å². The highest BCUT2D eigenvalue weighted by molar-refractivity contribution is 5.78. The quantitative estimate of drug-likeness (QED) is 0.332. The summed E-state index contributed by atoms with van der Waals surface area (Å²) in [6.07, 6.45) is -22.9. The molecule has 0 spiro atoms. The van der Waals surface area contributed by atoms with E-state index in [1.807, 2.05) is 0 Å². The van der Waals surface area contributed by atoms with Crippen LogP contribution >= 0.6 is 0 Å². The Kier molecular flexibility index (Phi) is 9.37. The van der Waals surface area contributed by atoms with Gasteiger partial charge in [-0.1, -0.05) is 0 Å². The molecule has 0 aliphatic rings. The van der Waals surface area contributed by atoms with E-state index in [2.05, 4.69) is 0 Å². The molecule has 218 valence electrons. The second kappa shape index (κ2) is 10.9. The van der Waals surface area contributed by atoms with Crippen molar-refractivity contribution in [1.82, 2.24) is 0 Å². The normalized spacial score (nSPS) is 15.1. The van der Waals surface area contributed by atoms with Crippen LogP contribution in [0.25, 0.3) is 0 Å². The third-order valence-corrected chi connectivity index (χ3v) is 4.73. The van der Waals surface area contributed by atoms with Gasteiger partial charge < -0.3 is 20.4 Å². The molecule has 2 atom stereocenters. The highest BCUT2D eigenvalue weighted by atomic mass is 19.4. The van der Waals surface area contributed by atoms with Gasteiger partial charge >= 0.3 is 36.6 Å². The van der Waals surface area contributed by atoms with Gasteiger partial charge in [0.25, 0.3) is 0 Å². The molecular weight excluding hydrogens is 576 g/mol. The summed E-state index contributed by atoms with van der Waals surface area (Å²) in [7, 11) is 0. The Morgan fingerprint density at radius 1 is 0.590 bits per heavy atom. The fourth-order valence-electron chi connectivity index (χ4n) is 2.64. The third kappa shape index (κ3) is 8.74. The number of carbonyl (C=O) groups is 2. The number of aliphatic hydroxyl groups is 2. The van der Waals surface area contributed by atoms with Gasteiger partial charge in [0, 0.05) is 0 Å². The average molecular weight is 590 g/mol. The van der Waals surface area contributed by atoms with E-state index in [1.54, 1.807) is 0 Å². The van der Waals surface area contributed by atoms with Gasteiger partial charge in [-0.25, -0.2) is 9.59 Å². The summed E-state index contributed by atoms with van der Waals surface area (Å²) in [4.78, 5) is 21.1. The maximum absolute atomic E-state index is 12.5. The van der Waals surface area contributed by atoms with E-state index >= 15 is 0 Å². The van der Waals surface area contributed by atoms with Crippen LogP contribution in [0, 0.1) is 0 Å². The zero-order chi connectivity index (χ0) is 30.9. The summed E-state index contributed by atoms with van der Waals surface area (Å²) in [5, 5.41) is 35.6. The summed E-state index contributed by atoms with van der Waals surface area (Å²) >= 11 is 0. The van der Waals surface area contributed by atoms with Crippen molar-refractivity contribution >= 4 is 11.9 Å². The first-order valence-corrected chi connectivity index (χ1v) is 9.65. The minimum Gasteiger partial charge on any atom is -0.479 e. The van der Waals surface area contributed by atoms with E-state index in [1.165, 1.54) is 0 Å². The number of alkyl halides is 12. The number of carboxylic acid groups (broad SMARTS) is 2. The summed E-state index contributed by atoms with van der Waals surface area (Å²) < 4.78 is 150. The predicted molar refractivity (Wildman–Crippen MR) is 103 cm³/mol. The zero-order valence-corrected chi connectivity index (χ0v) is 18.7. The standard InChI is InChI=1S/C11H8F6O3.C10H6F6O3/c1-9(20,8(18)19)5-2-6(10(12,13)14)4-7(3-5)11(15,16)17;11-9(12,13)5-1-4(7(17)8(18)19)2-6(3-5)10(14,15)16/h2-4,20H,1H3,(H,18,19);1-3,7,17H,(H,18,19). The molecule has 0 aromatic heterocycles. The smallest absolute Gasteiger partial charge is 0.416 e. The molecule has 0 heterocycles. The fourth-order valence-corrected chi connectivity index (χ4v) is 2.64. The topological polar surface area (TPSA) is 115 Å². The first-order valence-electron chi connectivity index (χ1n) is 9.65. The number of benzene rings is 2. The van der Waals surface area contributed by atoms with Crippen molar-refractivity contribution in [1.29, 1.82) is 0 Å². The minimum atomic E-state index is -5.11. The van der Waals surface area contributed by atoms with Gasteiger partial charge in [0.1, 0.15) is 0 Å². The molecule has 0 bridgehead atoms. The number of aliphatic carboxylic acids is 2. The molecule has 0 aliphatic heterocycles. The zero-order valence-electron chi connectivity index (χ0n) is 18.7. The fraction of sp³-hybridized carbons (Fsp3) is 0.333. The van der Waals surface area contributed by atoms with Crippen LogP contribution in [0.3, 0.4) is 0 Å². The maximum atomic E-state index is 12.5. The van der Waals surface area contributed by atoms with Crippen molar-refractivity contribution in [2.45, 2.75) is 43.3 Å². The Hall–Kier alpha value is -3.54. The van der Waals surface area contributed by atoms with Crippen LogP contribution in [0.2, 0.25) is 0 Å². The summed E-state index contributed by atoms with van der Waals surface area (Å²) in [6.45, 7) is 0.588. The van der Waals surface area contributed by atoms with Crippen molar-refractivity contribution < 1.29 is 82.7 Å². The van der Waals surface area contributed by atoms with E-state index < -0.39 is 81.7 Å². The first kappa shape index (κ1) is 33.5. The van der Waals surface area contributed by atoms with Crippen LogP contribution < -0.4 is 0 Å². The molecule has 0 amide bonds. The summed E-state index contributed by atoms with van der Waals surface area (Å²) in [5.41, 5.74) is -11.6. The molecule has 0 saturated carbocycles.